The Balaban J connectivity index is 1.37. The molecule has 4 fully saturated rings. The summed E-state index contributed by atoms with van der Waals surface area (Å²) >= 11 is 0. The summed E-state index contributed by atoms with van der Waals surface area (Å²) in [5.41, 5.74) is 2.37. The number of carbonyl (C=O) groups excluding carboxylic acids is 1. The maximum Gasteiger partial charge on any atom is 0.164 e. The second-order valence-corrected chi connectivity index (χ2v) is 12.6. The molecule has 3 heteroatoms. The van der Waals surface area contributed by atoms with Crippen molar-refractivity contribution in [3.8, 4) is 0 Å². The van der Waals surface area contributed by atoms with Gasteiger partial charge < -0.3 is 14.3 Å². The van der Waals surface area contributed by atoms with Crippen molar-refractivity contribution in [2.75, 3.05) is 0 Å². The summed E-state index contributed by atoms with van der Waals surface area (Å²) in [5.74, 6) is 3.66. The van der Waals surface area contributed by atoms with Crippen LogP contribution in [0.3, 0.4) is 0 Å². The number of fused-ring (bicyclic) bond motifs is 7. The van der Waals surface area contributed by atoms with E-state index in [1.54, 1.807) is 5.57 Å². The van der Waals surface area contributed by atoms with Gasteiger partial charge in [0.25, 0.3) is 0 Å². The van der Waals surface area contributed by atoms with Crippen molar-refractivity contribution >= 4 is 6.29 Å². The van der Waals surface area contributed by atoms with Crippen molar-refractivity contribution in [1.82, 2.24) is 0 Å². The molecule has 9 atom stereocenters. The number of ether oxygens (including phenoxy) is 2. The molecule has 1 aliphatic heterocycles. The van der Waals surface area contributed by atoms with Gasteiger partial charge >= 0.3 is 0 Å². The van der Waals surface area contributed by atoms with E-state index < -0.39 is 5.79 Å². The molecule has 0 bridgehead atoms. The minimum absolute atomic E-state index is 0.178. The molecule has 0 aromatic rings. The monoisotopic (exact) mass is 428 g/mol. The van der Waals surface area contributed by atoms with Gasteiger partial charge in [-0.3, -0.25) is 0 Å². The Morgan fingerprint density at radius 1 is 1.06 bits per heavy atom. The third kappa shape index (κ3) is 3.39. The van der Waals surface area contributed by atoms with Crippen LogP contribution in [0.5, 0.6) is 0 Å². The molecule has 3 nitrogen and oxygen atoms in total. The van der Waals surface area contributed by atoms with Crippen molar-refractivity contribution in [1.29, 1.82) is 0 Å². The molecule has 0 radical (unpaired) electrons. The first-order valence-corrected chi connectivity index (χ1v) is 13.2. The van der Waals surface area contributed by atoms with Crippen LogP contribution in [0.25, 0.3) is 0 Å². The molecule has 5 aliphatic rings. The van der Waals surface area contributed by atoms with Gasteiger partial charge in [0.15, 0.2) is 5.79 Å². The number of aldehydes is 1. The van der Waals surface area contributed by atoms with E-state index in [1.165, 1.54) is 44.9 Å². The van der Waals surface area contributed by atoms with E-state index >= 15 is 0 Å². The molecule has 0 spiro atoms. The highest BCUT2D eigenvalue weighted by atomic mass is 16.8. The van der Waals surface area contributed by atoms with E-state index in [-0.39, 0.29) is 12.2 Å². The lowest BCUT2D eigenvalue weighted by molar-refractivity contribution is -0.143. The molecule has 4 aliphatic carbocycles. The highest BCUT2D eigenvalue weighted by Gasteiger charge is 2.61. The molecule has 5 rings (SSSR count). The molecule has 1 saturated heterocycles. The van der Waals surface area contributed by atoms with Crippen molar-refractivity contribution in [2.24, 2.45) is 40.4 Å². The summed E-state index contributed by atoms with van der Waals surface area (Å²) < 4.78 is 12.7. The SMILES string of the molecule is C[C@H](CCCC=O)[C@H]1CC[C@H]2[C@@H]3CC=C4[C@H]5OC(C)(C)O[C@H]5CC[C@]4(C)[C@H]3CC[C@]12C. The lowest BCUT2D eigenvalue weighted by Crippen LogP contribution is -2.53. The van der Waals surface area contributed by atoms with Gasteiger partial charge in [-0.2, -0.15) is 0 Å². The molecule has 0 unspecified atom stereocenters. The van der Waals surface area contributed by atoms with Crippen molar-refractivity contribution in [3.05, 3.63) is 11.6 Å². The molecule has 0 amide bonds. The topological polar surface area (TPSA) is 35.5 Å². The van der Waals surface area contributed by atoms with Gasteiger partial charge in [-0.25, -0.2) is 0 Å². The van der Waals surface area contributed by atoms with Gasteiger partial charge in [0.1, 0.15) is 12.4 Å². The average molecular weight is 429 g/mol. The molecule has 1 heterocycles. The van der Waals surface area contributed by atoms with Crippen LogP contribution < -0.4 is 0 Å². The van der Waals surface area contributed by atoms with E-state index in [1.807, 2.05) is 0 Å². The Bertz CT molecular complexity index is 741. The third-order valence-electron chi connectivity index (χ3n) is 10.7. The fourth-order valence-corrected chi connectivity index (χ4v) is 9.34. The van der Waals surface area contributed by atoms with E-state index in [9.17, 15) is 4.79 Å². The first kappa shape index (κ1) is 22.1. The lowest BCUT2D eigenvalue weighted by Gasteiger charge is -2.59. The van der Waals surface area contributed by atoms with Gasteiger partial charge in [-0.15, -0.1) is 0 Å². The van der Waals surface area contributed by atoms with Crippen LogP contribution in [-0.2, 0) is 14.3 Å². The minimum atomic E-state index is -0.442. The zero-order valence-electron chi connectivity index (χ0n) is 20.5. The number of allylic oxidation sites excluding steroid dienone is 1. The zero-order chi connectivity index (χ0) is 22.0. The Labute approximate surface area is 189 Å². The summed E-state index contributed by atoms with van der Waals surface area (Å²) in [6, 6.07) is 0. The van der Waals surface area contributed by atoms with Crippen LogP contribution in [0.1, 0.15) is 98.8 Å². The number of hydrogen-bond acceptors (Lipinski definition) is 3. The van der Waals surface area contributed by atoms with Crippen LogP contribution in [0, 0.1) is 40.4 Å². The van der Waals surface area contributed by atoms with Crippen molar-refractivity contribution in [2.45, 2.75) is 117 Å². The third-order valence-corrected chi connectivity index (χ3v) is 10.7. The quantitative estimate of drug-likeness (QED) is 0.278. The Morgan fingerprint density at radius 3 is 2.65 bits per heavy atom. The van der Waals surface area contributed by atoms with E-state index in [4.69, 9.17) is 9.47 Å². The molecule has 0 N–H and O–H groups in total. The Morgan fingerprint density at radius 2 is 1.87 bits per heavy atom. The van der Waals surface area contributed by atoms with Crippen LogP contribution in [0.4, 0.5) is 0 Å². The second-order valence-electron chi connectivity index (χ2n) is 12.6. The maximum atomic E-state index is 10.8. The molecule has 3 saturated carbocycles. The fourth-order valence-electron chi connectivity index (χ4n) is 9.34. The second kappa shape index (κ2) is 7.69. The molecule has 174 valence electrons. The Hall–Kier alpha value is -0.670. The number of hydrogen-bond donors (Lipinski definition) is 0. The minimum Gasteiger partial charge on any atom is -0.344 e. The number of rotatable bonds is 5. The summed E-state index contributed by atoms with van der Waals surface area (Å²) in [4.78, 5) is 10.8. The summed E-state index contributed by atoms with van der Waals surface area (Å²) in [7, 11) is 0. The van der Waals surface area contributed by atoms with Crippen LogP contribution in [0.15, 0.2) is 11.6 Å². The molecule has 0 aromatic carbocycles. The molecule has 0 aromatic heterocycles. The van der Waals surface area contributed by atoms with Crippen LogP contribution in [-0.4, -0.2) is 24.3 Å². The molecule has 31 heavy (non-hydrogen) atoms. The Kier molecular flexibility index (Phi) is 5.49. The first-order valence-electron chi connectivity index (χ1n) is 13.2. The van der Waals surface area contributed by atoms with E-state index in [0.29, 0.717) is 10.8 Å². The van der Waals surface area contributed by atoms with E-state index in [0.717, 1.165) is 55.1 Å². The molecular formula is C28H44O3. The van der Waals surface area contributed by atoms with Gasteiger partial charge in [0.05, 0.1) is 6.10 Å². The van der Waals surface area contributed by atoms with Crippen molar-refractivity contribution < 1.29 is 14.3 Å². The van der Waals surface area contributed by atoms with Gasteiger partial charge in [0.2, 0.25) is 0 Å². The highest BCUT2D eigenvalue weighted by molar-refractivity contribution is 5.48. The van der Waals surface area contributed by atoms with Crippen molar-refractivity contribution in [3.63, 3.8) is 0 Å². The average Bonchev–Trinajstić information content (AvgIpc) is 3.23. The normalized spacial score (nSPS) is 48.7. The summed E-state index contributed by atoms with van der Waals surface area (Å²) in [5, 5.41) is 0. The lowest BCUT2D eigenvalue weighted by atomic mass is 9.46. The fraction of sp³-hybridized carbons (Fsp3) is 0.893. The van der Waals surface area contributed by atoms with Gasteiger partial charge in [-0.1, -0.05) is 33.3 Å². The smallest absolute Gasteiger partial charge is 0.164 e. The molecular weight excluding hydrogens is 384 g/mol. The largest absolute Gasteiger partial charge is 0.344 e. The van der Waals surface area contributed by atoms with Gasteiger partial charge in [-0.05, 0) is 111 Å². The van der Waals surface area contributed by atoms with Crippen LogP contribution >= 0.6 is 0 Å². The summed E-state index contributed by atoms with van der Waals surface area (Å²) in [6.07, 6.45) is 16.4. The number of unbranched alkanes of at least 4 members (excludes halogenated alkanes) is 1. The standard InChI is InChI=1S/C28H44O3/c1-18(8-6-7-17-29)20-11-12-21-19-9-10-23-25-24(30-26(2,3)31-25)14-16-28(23,5)22(19)13-15-27(20,21)4/h10,17-22,24-25H,6-9,11-16H2,1-5H3/t18-,19+,20-,21+,22+,24+,25-,27-,28-/m1/s1. The van der Waals surface area contributed by atoms with Gasteiger partial charge in [0, 0.05) is 6.42 Å². The van der Waals surface area contributed by atoms with E-state index in [2.05, 4.69) is 40.7 Å². The predicted molar refractivity (Wildman–Crippen MR) is 123 cm³/mol. The highest BCUT2D eigenvalue weighted by Crippen LogP contribution is 2.68. The predicted octanol–water partition coefficient (Wildman–Crippen LogP) is 6.70. The van der Waals surface area contributed by atoms with Crippen LogP contribution in [0.2, 0.25) is 0 Å². The maximum absolute atomic E-state index is 10.8. The number of carbonyl (C=O) groups is 1. The zero-order valence-corrected chi connectivity index (χ0v) is 20.5. The summed E-state index contributed by atoms with van der Waals surface area (Å²) in [6.45, 7) is 11.8. The first-order chi connectivity index (χ1) is 14.7.